The molecule has 0 spiro atoms. The highest BCUT2D eigenvalue weighted by Crippen LogP contribution is 2.03. The molecule has 0 aliphatic heterocycles. The van der Waals surface area contributed by atoms with Gasteiger partial charge in [0.1, 0.15) is 6.04 Å². The maximum absolute atomic E-state index is 10.5. The van der Waals surface area contributed by atoms with Gasteiger partial charge in [0, 0.05) is 18.7 Å². The van der Waals surface area contributed by atoms with Crippen LogP contribution in [0.25, 0.3) is 0 Å². The average molecular weight is 198 g/mol. The van der Waals surface area contributed by atoms with Gasteiger partial charge in [-0.25, -0.2) is 0 Å². The molecule has 0 aliphatic carbocycles. The molecular weight excluding hydrogens is 184 g/mol. The topological polar surface area (TPSA) is 79.7 Å². The second-order valence-corrected chi connectivity index (χ2v) is 3.27. The fourth-order valence-corrected chi connectivity index (χ4v) is 1.17. The second kappa shape index (κ2) is 4.78. The van der Waals surface area contributed by atoms with Gasteiger partial charge in [0.25, 0.3) is 0 Å². The molecule has 1 aromatic rings. The first-order valence-electron chi connectivity index (χ1n) is 4.27. The molecule has 0 fully saturated rings. The monoisotopic (exact) mass is 198 g/mol. The van der Waals surface area contributed by atoms with Crippen LogP contribution < -0.4 is 5.73 Å². The van der Waals surface area contributed by atoms with Crippen molar-refractivity contribution in [2.45, 2.75) is 12.6 Å². The number of rotatable bonds is 5. The van der Waals surface area contributed by atoms with Crippen LogP contribution in [0.1, 0.15) is 5.56 Å². The Bertz CT molecular complexity index is 284. The van der Waals surface area contributed by atoms with Crippen LogP contribution in [0.3, 0.4) is 0 Å². The number of carbonyl (C=O) groups is 1. The number of carboxylic acid groups (broad SMARTS) is 1. The Morgan fingerprint density at radius 2 is 2.50 bits per heavy atom. The van der Waals surface area contributed by atoms with E-state index in [1.54, 1.807) is 12.5 Å². The Morgan fingerprint density at radius 1 is 1.79 bits per heavy atom. The van der Waals surface area contributed by atoms with Gasteiger partial charge in [0.05, 0.1) is 12.5 Å². The molecule has 0 bridgehead atoms. The van der Waals surface area contributed by atoms with Crippen molar-refractivity contribution in [1.29, 1.82) is 0 Å². The first-order chi connectivity index (χ1) is 6.59. The van der Waals surface area contributed by atoms with Gasteiger partial charge >= 0.3 is 5.97 Å². The summed E-state index contributed by atoms with van der Waals surface area (Å²) in [6.07, 6.45) is 3.21. The molecular formula is C9H14N2O3. The summed E-state index contributed by atoms with van der Waals surface area (Å²) in [5.41, 5.74) is 6.39. The Morgan fingerprint density at radius 3 is 3.00 bits per heavy atom. The highest BCUT2D eigenvalue weighted by atomic mass is 16.4. The Kier molecular flexibility index (Phi) is 3.67. The summed E-state index contributed by atoms with van der Waals surface area (Å²) in [7, 11) is 1.82. The number of hydrogen-bond acceptors (Lipinski definition) is 4. The van der Waals surface area contributed by atoms with E-state index in [-0.39, 0.29) is 0 Å². The van der Waals surface area contributed by atoms with E-state index in [0.29, 0.717) is 13.1 Å². The van der Waals surface area contributed by atoms with Crippen LogP contribution in [0.2, 0.25) is 0 Å². The number of likely N-dealkylation sites (N-methyl/N-ethyl adjacent to an activating group) is 1. The minimum absolute atomic E-state index is 0.320. The van der Waals surface area contributed by atoms with Crippen molar-refractivity contribution in [3.05, 3.63) is 24.2 Å². The molecule has 0 aliphatic rings. The SMILES string of the molecule is CN(Cc1ccoc1)CC(N)C(=O)O. The Labute approximate surface area is 82.1 Å². The van der Waals surface area contributed by atoms with Gasteiger partial charge in [-0.2, -0.15) is 0 Å². The van der Waals surface area contributed by atoms with Crippen LogP contribution in [0.5, 0.6) is 0 Å². The number of carboxylic acids is 1. The van der Waals surface area contributed by atoms with E-state index in [0.717, 1.165) is 5.56 Å². The number of nitrogens with two attached hydrogens (primary N) is 1. The van der Waals surface area contributed by atoms with Gasteiger partial charge in [-0.1, -0.05) is 0 Å². The van der Waals surface area contributed by atoms with Crippen LogP contribution in [-0.4, -0.2) is 35.6 Å². The molecule has 1 heterocycles. The minimum Gasteiger partial charge on any atom is -0.480 e. The molecule has 0 radical (unpaired) electrons. The van der Waals surface area contributed by atoms with Crippen molar-refractivity contribution in [3.63, 3.8) is 0 Å². The van der Waals surface area contributed by atoms with E-state index in [4.69, 9.17) is 15.3 Å². The zero-order valence-electron chi connectivity index (χ0n) is 8.01. The molecule has 1 rings (SSSR count). The van der Waals surface area contributed by atoms with Gasteiger partial charge in [-0.3, -0.25) is 9.69 Å². The third kappa shape index (κ3) is 3.20. The van der Waals surface area contributed by atoms with Crippen molar-refractivity contribution < 1.29 is 14.3 Å². The van der Waals surface area contributed by atoms with Gasteiger partial charge in [-0.15, -0.1) is 0 Å². The Hall–Kier alpha value is -1.33. The zero-order valence-corrected chi connectivity index (χ0v) is 8.01. The highest BCUT2D eigenvalue weighted by molar-refractivity contribution is 5.73. The van der Waals surface area contributed by atoms with Crippen LogP contribution in [0.15, 0.2) is 23.0 Å². The summed E-state index contributed by atoms with van der Waals surface area (Å²) in [5, 5.41) is 8.59. The lowest BCUT2D eigenvalue weighted by Crippen LogP contribution is -2.40. The fourth-order valence-electron chi connectivity index (χ4n) is 1.17. The summed E-state index contributed by atoms with van der Waals surface area (Å²) in [4.78, 5) is 12.3. The van der Waals surface area contributed by atoms with Crippen LogP contribution >= 0.6 is 0 Å². The smallest absolute Gasteiger partial charge is 0.321 e. The van der Waals surface area contributed by atoms with Gasteiger partial charge in [-0.05, 0) is 13.1 Å². The summed E-state index contributed by atoms with van der Waals surface area (Å²) >= 11 is 0. The standard InChI is InChI=1S/C9H14N2O3/c1-11(5-8(10)9(12)13)4-7-2-3-14-6-7/h2-3,6,8H,4-5,10H2,1H3,(H,12,13). The fraction of sp³-hybridized carbons (Fsp3) is 0.444. The molecule has 1 aromatic heterocycles. The molecule has 0 saturated heterocycles. The predicted molar refractivity (Wildman–Crippen MR) is 50.7 cm³/mol. The molecule has 3 N–H and O–H groups in total. The summed E-state index contributed by atoms with van der Waals surface area (Å²) in [5.74, 6) is -0.982. The second-order valence-electron chi connectivity index (χ2n) is 3.27. The van der Waals surface area contributed by atoms with E-state index in [1.807, 2.05) is 18.0 Å². The maximum atomic E-state index is 10.5. The lowest BCUT2D eigenvalue weighted by molar-refractivity contribution is -0.138. The largest absolute Gasteiger partial charge is 0.480 e. The van der Waals surface area contributed by atoms with Crippen LogP contribution in [0, 0.1) is 0 Å². The molecule has 14 heavy (non-hydrogen) atoms. The summed E-state index contributed by atoms with van der Waals surface area (Å²) in [6.45, 7) is 0.956. The first kappa shape index (κ1) is 10.7. The molecule has 0 amide bonds. The van der Waals surface area contributed by atoms with E-state index >= 15 is 0 Å². The first-order valence-corrected chi connectivity index (χ1v) is 4.27. The van der Waals surface area contributed by atoms with Crippen molar-refractivity contribution in [3.8, 4) is 0 Å². The normalized spacial score (nSPS) is 13.1. The summed E-state index contributed by atoms with van der Waals surface area (Å²) in [6, 6.07) is 0.995. The number of aliphatic carboxylic acids is 1. The molecule has 5 nitrogen and oxygen atoms in total. The zero-order chi connectivity index (χ0) is 10.6. The lowest BCUT2D eigenvalue weighted by atomic mass is 10.2. The van der Waals surface area contributed by atoms with Crippen molar-refractivity contribution in [1.82, 2.24) is 4.90 Å². The third-order valence-corrected chi connectivity index (χ3v) is 1.86. The molecule has 5 heteroatoms. The highest BCUT2D eigenvalue weighted by Gasteiger charge is 2.14. The quantitative estimate of drug-likeness (QED) is 0.702. The van der Waals surface area contributed by atoms with Gasteiger partial charge < -0.3 is 15.3 Å². The van der Waals surface area contributed by atoms with Gasteiger partial charge in [0.15, 0.2) is 0 Å². The number of hydrogen-bond donors (Lipinski definition) is 2. The molecule has 1 unspecified atom stereocenters. The molecule has 0 saturated carbocycles. The van der Waals surface area contributed by atoms with Gasteiger partial charge in [0.2, 0.25) is 0 Å². The van der Waals surface area contributed by atoms with E-state index < -0.39 is 12.0 Å². The van der Waals surface area contributed by atoms with Crippen molar-refractivity contribution >= 4 is 5.97 Å². The predicted octanol–water partition coefficient (Wildman–Crippen LogP) is 0.123. The number of nitrogens with zero attached hydrogens (tertiary/aromatic N) is 1. The van der Waals surface area contributed by atoms with Crippen molar-refractivity contribution in [2.75, 3.05) is 13.6 Å². The molecule has 0 aromatic carbocycles. The van der Waals surface area contributed by atoms with Crippen LogP contribution in [0.4, 0.5) is 0 Å². The third-order valence-electron chi connectivity index (χ3n) is 1.86. The van der Waals surface area contributed by atoms with E-state index in [1.165, 1.54) is 0 Å². The maximum Gasteiger partial charge on any atom is 0.321 e. The minimum atomic E-state index is -0.982. The molecule has 78 valence electrons. The van der Waals surface area contributed by atoms with E-state index in [2.05, 4.69) is 0 Å². The Balaban J connectivity index is 2.36. The van der Waals surface area contributed by atoms with Crippen LogP contribution in [-0.2, 0) is 11.3 Å². The lowest BCUT2D eigenvalue weighted by Gasteiger charge is -2.17. The van der Waals surface area contributed by atoms with Crippen molar-refractivity contribution in [2.24, 2.45) is 5.73 Å². The average Bonchev–Trinajstić information content (AvgIpc) is 2.56. The molecule has 1 atom stereocenters. The summed E-state index contributed by atoms with van der Waals surface area (Å²) < 4.78 is 4.89. The number of furan rings is 1. The van der Waals surface area contributed by atoms with E-state index in [9.17, 15) is 4.79 Å².